The molecule has 2 saturated carbocycles. The summed E-state index contributed by atoms with van der Waals surface area (Å²) in [5.74, 6) is 3.77. The molecule has 4 rings (SSSR count). The first-order valence-corrected chi connectivity index (χ1v) is 11.5. The Labute approximate surface area is 163 Å². The Balaban J connectivity index is 1.38. The van der Waals surface area contributed by atoms with Crippen LogP contribution in [0.1, 0.15) is 50.2 Å². The molecule has 2 aromatic rings. The van der Waals surface area contributed by atoms with Gasteiger partial charge in [-0.25, -0.2) is 9.97 Å². The predicted molar refractivity (Wildman–Crippen MR) is 109 cm³/mol. The molecule has 0 radical (unpaired) electrons. The van der Waals surface area contributed by atoms with Crippen molar-refractivity contribution in [3.63, 3.8) is 0 Å². The number of aryl methyl sites for hydroxylation is 2. The van der Waals surface area contributed by atoms with Crippen molar-refractivity contribution in [2.45, 2.75) is 63.9 Å². The van der Waals surface area contributed by atoms with E-state index in [0.717, 1.165) is 39.3 Å². The van der Waals surface area contributed by atoms with Gasteiger partial charge in [0.15, 0.2) is 0 Å². The molecule has 1 amide bonds. The fourth-order valence-electron chi connectivity index (χ4n) is 4.77. The van der Waals surface area contributed by atoms with Crippen molar-refractivity contribution in [2.24, 2.45) is 17.8 Å². The summed E-state index contributed by atoms with van der Waals surface area (Å²) >= 11 is 3.27. The lowest BCUT2D eigenvalue weighted by Crippen LogP contribution is -2.40. The van der Waals surface area contributed by atoms with Gasteiger partial charge in [-0.05, 0) is 63.4 Å². The van der Waals surface area contributed by atoms with E-state index in [0.29, 0.717) is 17.7 Å². The summed E-state index contributed by atoms with van der Waals surface area (Å²) in [5.41, 5.74) is 0. The van der Waals surface area contributed by atoms with Gasteiger partial charge in [-0.3, -0.25) is 4.79 Å². The number of hydrogen-bond donors (Lipinski definition) is 1. The third-order valence-corrected chi connectivity index (χ3v) is 8.20. The van der Waals surface area contributed by atoms with Crippen molar-refractivity contribution < 1.29 is 4.79 Å². The van der Waals surface area contributed by atoms with Crippen LogP contribution in [-0.2, 0) is 11.2 Å². The Bertz CT molecular complexity index is 819. The van der Waals surface area contributed by atoms with Crippen molar-refractivity contribution in [2.75, 3.05) is 5.75 Å². The smallest absolute Gasteiger partial charge is 0.230 e. The lowest BCUT2D eigenvalue weighted by Gasteiger charge is -2.28. The van der Waals surface area contributed by atoms with Gasteiger partial charge in [-0.1, -0.05) is 25.1 Å². The van der Waals surface area contributed by atoms with Gasteiger partial charge in [-0.2, -0.15) is 0 Å². The third kappa shape index (κ3) is 3.63. The van der Waals surface area contributed by atoms with E-state index >= 15 is 0 Å². The van der Waals surface area contributed by atoms with Crippen LogP contribution in [0.25, 0.3) is 10.2 Å². The molecule has 140 valence electrons. The van der Waals surface area contributed by atoms with E-state index in [1.54, 1.807) is 11.3 Å². The van der Waals surface area contributed by atoms with Crippen molar-refractivity contribution in [1.29, 1.82) is 0 Å². The minimum atomic E-state index is 0.126. The zero-order valence-electron chi connectivity index (χ0n) is 15.7. The topological polar surface area (TPSA) is 54.9 Å². The van der Waals surface area contributed by atoms with Crippen LogP contribution in [0.2, 0.25) is 0 Å². The zero-order chi connectivity index (χ0) is 18.3. The molecule has 2 bridgehead atoms. The maximum atomic E-state index is 12.5. The predicted octanol–water partition coefficient (Wildman–Crippen LogP) is 4.60. The van der Waals surface area contributed by atoms with E-state index in [9.17, 15) is 4.79 Å². The Morgan fingerprint density at radius 3 is 2.92 bits per heavy atom. The number of aromatic nitrogens is 2. The molecule has 4 atom stereocenters. The number of nitrogens with one attached hydrogen (secondary N) is 1. The molecule has 4 unspecified atom stereocenters. The highest BCUT2D eigenvalue weighted by atomic mass is 32.2. The van der Waals surface area contributed by atoms with E-state index in [-0.39, 0.29) is 5.91 Å². The number of rotatable bonds is 6. The summed E-state index contributed by atoms with van der Waals surface area (Å²) in [6.07, 6.45) is 6.46. The van der Waals surface area contributed by atoms with Crippen LogP contribution in [0.3, 0.4) is 0 Å². The second kappa shape index (κ2) is 7.47. The first kappa shape index (κ1) is 18.2. The number of amides is 1. The van der Waals surface area contributed by atoms with E-state index in [2.05, 4.69) is 35.2 Å². The van der Waals surface area contributed by atoms with Crippen molar-refractivity contribution in [3.8, 4) is 0 Å². The summed E-state index contributed by atoms with van der Waals surface area (Å²) in [5, 5.41) is 5.29. The molecular weight excluding hydrogens is 362 g/mol. The Hall–Kier alpha value is -1.14. The highest BCUT2D eigenvalue weighted by Gasteiger charge is 2.42. The van der Waals surface area contributed by atoms with Gasteiger partial charge in [-0.15, -0.1) is 11.3 Å². The van der Waals surface area contributed by atoms with Crippen LogP contribution in [0, 0.1) is 24.7 Å². The van der Waals surface area contributed by atoms with E-state index in [4.69, 9.17) is 0 Å². The molecule has 0 spiro atoms. The van der Waals surface area contributed by atoms with Gasteiger partial charge < -0.3 is 5.32 Å². The minimum absolute atomic E-state index is 0.126. The molecule has 0 aromatic carbocycles. The third-order valence-electron chi connectivity index (χ3n) is 6.03. The standard InChI is InChI=1S/C20H27N3OS2/c1-4-15-9-17-19(22-12(3)23-20(17)26-15)25-10-18(24)21-11(2)16-8-13-5-6-14(16)7-13/h9,11,13-14,16H,4-8,10H2,1-3H3,(H,21,24). The molecule has 2 fully saturated rings. The maximum Gasteiger partial charge on any atom is 0.230 e. The molecular formula is C20H27N3OS2. The molecule has 2 aliphatic rings. The van der Waals surface area contributed by atoms with E-state index in [1.165, 1.54) is 42.3 Å². The lowest BCUT2D eigenvalue weighted by atomic mass is 9.84. The van der Waals surface area contributed by atoms with Crippen molar-refractivity contribution >= 4 is 39.2 Å². The summed E-state index contributed by atoms with van der Waals surface area (Å²) in [7, 11) is 0. The number of fused-ring (bicyclic) bond motifs is 3. The van der Waals surface area contributed by atoms with E-state index < -0.39 is 0 Å². The van der Waals surface area contributed by atoms with Gasteiger partial charge >= 0.3 is 0 Å². The summed E-state index contributed by atoms with van der Waals surface area (Å²) < 4.78 is 0. The quantitative estimate of drug-likeness (QED) is 0.580. The van der Waals surface area contributed by atoms with Gasteiger partial charge in [0.05, 0.1) is 5.75 Å². The number of carbonyl (C=O) groups is 1. The number of thioether (sulfide) groups is 1. The molecule has 0 saturated heterocycles. The summed E-state index contributed by atoms with van der Waals surface area (Å²) in [6, 6.07) is 2.47. The number of hydrogen-bond acceptors (Lipinski definition) is 5. The normalized spacial score (nSPS) is 25.7. The lowest BCUT2D eigenvalue weighted by molar-refractivity contribution is -0.119. The largest absolute Gasteiger partial charge is 0.353 e. The van der Waals surface area contributed by atoms with Crippen LogP contribution in [0.5, 0.6) is 0 Å². The SMILES string of the molecule is CCc1cc2c(SCC(=O)NC(C)C3CC4CCC3C4)nc(C)nc2s1. The molecule has 0 aliphatic heterocycles. The molecule has 2 aliphatic carbocycles. The highest BCUT2D eigenvalue weighted by Crippen LogP contribution is 2.49. The maximum absolute atomic E-state index is 12.5. The average molecular weight is 390 g/mol. The van der Waals surface area contributed by atoms with Crippen LogP contribution >= 0.6 is 23.1 Å². The van der Waals surface area contributed by atoms with Gasteiger partial charge in [0, 0.05) is 16.3 Å². The first-order valence-electron chi connectivity index (χ1n) is 9.72. The van der Waals surface area contributed by atoms with Crippen LogP contribution in [0.4, 0.5) is 0 Å². The molecule has 2 aromatic heterocycles. The summed E-state index contributed by atoms with van der Waals surface area (Å²) in [4.78, 5) is 24.0. The molecule has 6 heteroatoms. The zero-order valence-corrected chi connectivity index (χ0v) is 17.4. The van der Waals surface area contributed by atoms with Crippen molar-refractivity contribution in [3.05, 3.63) is 16.8 Å². The Morgan fingerprint density at radius 2 is 2.23 bits per heavy atom. The Kier molecular flexibility index (Phi) is 5.24. The van der Waals surface area contributed by atoms with Gasteiger partial charge in [0.1, 0.15) is 15.7 Å². The monoisotopic (exact) mass is 389 g/mol. The van der Waals surface area contributed by atoms with Crippen LogP contribution in [0.15, 0.2) is 11.1 Å². The fourth-order valence-corrected chi connectivity index (χ4v) is 6.71. The molecule has 26 heavy (non-hydrogen) atoms. The molecule has 1 N–H and O–H groups in total. The summed E-state index contributed by atoms with van der Waals surface area (Å²) in [6.45, 7) is 6.27. The van der Waals surface area contributed by atoms with Gasteiger partial charge in [0.25, 0.3) is 0 Å². The number of nitrogens with zero attached hydrogens (tertiary/aromatic N) is 2. The first-order chi connectivity index (χ1) is 12.5. The molecule has 2 heterocycles. The van der Waals surface area contributed by atoms with E-state index in [1.807, 2.05) is 6.92 Å². The average Bonchev–Trinajstić information content (AvgIpc) is 3.33. The van der Waals surface area contributed by atoms with Gasteiger partial charge in [0.2, 0.25) is 5.91 Å². The second-order valence-corrected chi connectivity index (χ2v) is 9.92. The number of carbonyl (C=O) groups excluding carboxylic acids is 1. The number of thiophene rings is 1. The second-order valence-electron chi connectivity index (χ2n) is 7.84. The van der Waals surface area contributed by atoms with Crippen LogP contribution < -0.4 is 5.32 Å². The fraction of sp³-hybridized carbons (Fsp3) is 0.650. The highest BCUT2D eigenvalue weighted by molar-refractivity contribution is 8.00. The Morgan fingerprint density at radius 1 is 1.38 bits per heavy atom. The van der Waals surface area contributed by atoms with Crippen LogP contribution in [-0.4, -0.2) is 27.7 Å². The van der Waals surface area contributed by atoms with Crippen molar-refractivity contribution in [1.82, 2.24) is 15.3 Å². The minimum Gasteiger partial charge on any atom is -0.353 e. The molecule has 4 nitrogen and oxygen atoms in total.